The van der Waals surface area contributed by atoms with Gasteiger partial charge in [0.1, 0.15) is 6.10 Å². The molecule has 0 bridgehead atoms. The number of fused-ring (bicyclic) bond motifs is 1. The van der Waals surface area contributed by atoms with Crippen LogP contribution in [0.25, 0.3) is 0 Å². The van der Waals surface area contributed by atoms with Gasteiger partial charge in [0.25, 0.3) is 5.89 Å². The van der Waals surface area contributed by atoms with E-state index in [2.05, 4.69) is 10.1 Å². The van der Waals surface area contributed by atoms with Gasteiger partial charge in [-0.3, -0.25) is 0 Å². The molecule has 0 aromatic carbocycles. The molecule has 0 radical (unpaired) electrons. The molecule has 0 saturated carbocycles. The lowest BCUT2D eigenvalue weighted by Gasteiger charge is -2.34. The summed E-state index contributed by atoms with van der Waals surface area (Å²) in [4.78, 5) is 4.20. The van der Waals surface area contributed by atoms with Crippen LogP contribution in [-0.2, 0) is 14.8 Å². The summed E-state index contributed by atoms with van der Waals surface area (Å²) in [5, 5.41) is 3.77. The third-order valence-corrected chi connectivity index (χ3v) is 5.94. The maximum Gasteiger partial charge on any atom is 0.255 e. The van der Waals surface area contributed by atoms with Crippen molar-refractivity contribution >= 4 is 10.0 Å². The van der Waals surface area contributed by atoms with Crippen LogP contribution in [0, 0.1) is 6.92 Å². The van der Waals surface area contributed by atoms with Crippen molar-refractivity contribution in [3.8, 4) is 0 Å². The molecule has 0 aliphatic carbocycles. The van der Waals surface area contributed by atoms with Crippen LogP contribution in [0.4, 0.5) is 0 Å². The Hall–Kier alpha value is -0.990. The Morgan fingerprint density at radius 3 is 2.80 bits per heavy atom. The Labute approximate surface area is 118 Å². The van der Waals surface area contributed by atoms with E-state index in [1.165, 1.54) is 0 Å². The number of ether oxygens (including phenoxy) is 1. The van der Waals surface area contributed by atoms with Gasteiger partial charge < -0.3 is 9.26 Å². The van der Waals surface area contributed by atoms with Crippen molar-refractivity contribution in [3.63, 3.8) is 0 Å². The number of sulfonamides is 1. The van der Waals surface area contributed by atoms with Gasteiger partial charge in [0, 0.05) is 6.54 Å². The summed E-state index contributed by atoms with van der Waals surface area (Å²) in [5.41, 5.74) is 0. The van der Waals surface area contributed by atoms with E-state index < -0.39 is 10.0 Å². The van der Waals surface area contributed by atoms with Gasteiger partial charge in [-0.05, 0) is 33.1 Å². The van der Waals surface area contributed by atoms with E-state index in [0.717, 1.165) is 12.8 Å². The van der Waals surface area contributed by atoms with Gasteiger partial charge in [0.05, 0.1) is 17.9 Å². The van der Waals surface area contributed by atoms with Crippen molar-refractivity contribution in [1.29, 1.82) is 0 Å². The molecular formula is C12H19N3O4S. The van der Waals surface area contributed by atoms with Gasteiger partial charge in [-0.25, -0.2) is 8.42 Å². The van der Waals surface area contributed by atoms with Crippen LogP contribution in [0.2, 0.25) is 0 Å². The lowest BCUT2D eigenvalue weighted by Crippen LogP contribution is -2.43. The fourth-order valence-electron chi connectivity index (χ4n) is 3.02. The highest BCUT2D eigenvalue weighted by Gasteiger charge is 2.45. The van der Waals surface area contributed by atoms with Gasteiger partial charge in [0.15, 0.2) is 5.82 Å². The molecule has 2 aliphatic rings. The SMILES string of the molecule is CCS(=O)(=O)N1CC[C@@H]2O[C@H](c3nc(C)no3)CC[C@@H]21. The number of nitrogens with zero attached hydrogens (tertiary/aromatic N) is 3. The van der Waals surface area contributed by atoms with Gasteiger partial charge >= 0.3 is 0 Å². The van der Waals surface area contributed by atoms with Crippen molar-refractivity contribution < 1.29 is 17.7 Å². The number of aryl methyl sites for hydroxylation is 1. The predicted molar refractivity (Wildman–Crippen MR) is 70.5 cm³/mol. The van der Waals surface area contributed by atoms with E-state index in [9.17, 15) is 8.42 Å². The Morgan fingerprint density at radius 1 is 1.35 bits per heavy atom. The first-order chi connectivity index (χ1) is 9.51. The summed E-state index contributed by atoms with van der Waals surface area (Å²) >= 11 is 0. The van der Waals surface area contributed by atoms with Crippen LogP contribution in [0.5, 0.6) is 0 Å². The maximum absolute atomic E-state index is 12.0. The van der Waals surface area contributed by atoms with Crippen LogP contribution >= 0.6 is 0 Å². The molecule has 2 fully saturated rings. The molecule has 112 valence electrons. The molecule has 3 rings (SSSR count). The molecule has 8 heteroatoms. The topological polar surface area (TPSA) is 85.5 Å². The van der Waals surface area contributed by atoms with E-state index in [1.807, 2.05) is 0 Å². The van der Waals surface area contributed by atoms with Gasteiger partial charge in [-0.15, -0.1) is 0 Å². The normalized spacial score (nSPS) is 31.4. The van der Waals surface area contributed by atoms with Gasteiger partial charge in [-0.1, -0.05) is 5.16 Å². The average Bonchev–Trinajstić information content (AvgIpc) is 3.04. The summed E-state index contributed by atoms with van der Waals surface area (Å²) in [5.74, 6) is 1.23. The molecule has 0 amide bonds. The van der Waals surface area contributed by atoms with Crippen LogP contribution in [0.1, 0.15) is 44.0 Å². The highest BCUT2D eigenvalue weighted by molar-refractivity contribution is 7.89. The summed E-state index contributed by atoms with van der Waals surface area (Å²) < 4.78 is 36.8. The molecule has 1 aromatic rings. The number of aromatic nitrogens is 2. The van der Waals surface area contributed by atoms with Crippen LogP contribution < -0.4 is 0 Å². The summed E-state index contributed by atoms with van der Waals surface area (Å²) in [7, 11) is -3.14. The van der Waals surface area contributed by atoms with E-state index in [4.69, 9.17) is 9.26 Å². The minimum atomic E-state index is -3.14. The van der Waals surface area contributed by atoms with Crippen molar-refractivity contribution in [2.45, 2.75) is 51.4 Å². The largest absolute Gasteiger partial charge is 0.363 e. The molecule has 1 aromatic heterocycles. The maximum atomic E-state index is 12.0. The zero-order valence-electron chi connectivity index (χ0n) is 11.7. The molecule has 3 heterocycles. The van der Waals surface area contributed by atoms with E-state index in [1.54, 1.807) is 18.2 Å². The van der Waals surface area contributed by atoms with Gasteiger partial charge in [-0.2, -0.15) is 9.29 Å². The summed E-state index contributed by atoms with van der Waals surface area (Å²) in [6.07, 6.45) is 1.94. The Morgan fingerprint density at radius 2 is 2.15 bits per heavy atom. The molecule has 7 nitrogen and oxygen atoms in total. The van der Waals surface area contributed by atoms with E-state index in [0.29, 0.717) is 24.7 Å². The highest BCUT2D eigenvalue weighted by Crippen LogP contribution is 2.38. The fraction of sp³-hybridized carbons (Fsp3) is 0.833. The molecular weight excluding hydrogens is 282 g/mol. The minimum Gasteiger partial charge on any atom is -0.363 e. The zero-order chi connectivity index (χ0) is 14.3. The highest BCUT2D eigenvalue weighted by atomic mass is 32.2. The Kier molecular flexibility index (Phi) is 3.55. The van der Waals surface area contributed by atoms with Crippen molar-refractivity contribution in [3.05, 3.63) is 11.7 Å². The first kappa shape index (κ1) is 14.0. The zero-order valence-corrected chi connectivity index (χ0v) is 12.5. The molecule has 0 unspecified atom stereocenters. The first-order valence-corrected chi connectivity index (χ1v) is 8.57. The summed E-state index contributed by atoms with van der Waals surface area (Å²) in [6, 6.07) is -0.0415. The molecule has 3 atom stereocenters. The molecule has 2 saturated heterocycles. The third-order valence-electron chi connectivity index (χ3n) is 4.04. The molecule has 0 spiro atoms. The van der Waals surface area contributed by atoms with Crippen molar-refractivity contribution in [2.75, 3.05) is 12.3 Å². The second kappa shape index (κ2) is 5.09. The van der Waals surface area contributed by atoms with Crippen molar-refractivity contribution in [1.82, 2.24) is 14.4 Å². The third kappa shape index (κ3) is 2.36. The smallest absolute Gasteiger partial charge is 0.255 e. The second-order valence-corrected chi connectivity index (χ2v) is 7.50. The van der Waals surface area contributed by atoms with Crippen molar-refractivity contribution in [2.24, 2.45) is 0 Å². The first-order valence-electron chi connectivity index (χ1n) is 6.96. The quantitative estimate of drug-likeness (QED) is 0.828. The summed E-state index contributed by atoms with van der Waals surface area (Å²) in [6.45, 7) is 3.99. The molecule has 20 heavy (non-hydrogen) atoms. The van der Waals surface area contributed by atoms with Crippen LogP contribution in [-0.4, -0.2) is 47.3 Å². The monoisotopic (exact) mass is 301 g/mol. The van der Waals surface area contributed by atoms with Crippen LogP contribution in [0.15, 0.2) is 4.52 Å². The number of rotatable bonds is 3. The Balaban J connectivity index is 1.73. The van der Waals surface area contributed by atoms with E-state index in [-0.39, 0.29) is 24.0 Å². The lowest BCUT2D eigenvalue weighted by molar-refractivity contribution is -0.0753. The number of hydrogen-bond donors (Lipinski definition) is 0. The average molecular weight is 301 g/mol. The second-order valence-electron chi connectivity index (χ2n) is 5.29. The minimum absolute atomic E-state index is 0.0415. The standard InChI is InChI=1S/C12H19N3O4S/c1-3-20(16,17)15-7-6-10-9(15)4-5-11(18-10)12-13-8(2)14-19-12/h9-11H,3-7H2,1-2H3/t9-,10-,11-/m0/s1. The Bertz CT molecular complexity index is 585. The van der Waals surface area contributed by atoms with E-state index >= 15 is 0 Å². The molecule has 2 aliphatic heterocycles. The number of hydrogen-bond acceptors (Lipinski definition) is 6. The predicted octanol–water partition coefficient (Wildman–Crippen LogP) is 1.02. The fourth-order valence-corrected chi connectivity index (χ4v) is 4.39. The molecule has 0 N–H and O–H groups in total. The van der Waals surface area contributed by atoms with Gasteiger partial charge in [0.2, 0.25) is 10.0 Å². The van der Waals surface area contributed by atoms with Crippen LogP contribution in [0.3, 0.4) is 0 Å². The lowest BCUT2D eigenvalue weighted by atomic mass is 10.00.